The van der Waals surface area contributed by atoms with E-state index in [-0.39, 0.29) is 6.09 Å². The quantitative estimate of drug-likeness (QED) is 0.926. The number of hydrogen-bond acceptors (Lipinski definition) is 3. The van der Waals surface area contributed by atoms with E-state index in [0.29, 0.717) is 38.5 Å². The highest BCUT2D eigenvalue weighted by atomic mass is 16.6. The molecule has 1 aromatic carbocycles. The number of aliphatic hydroxyl groups is 1. The molecule has 0 spiro atoms. The van der Waals surface area contributed by atoms with Crippen molar-refractivity contribution in [1.82, 2.24) is 4.90 Å². The molecule has 4 nitrogen and oxygen atoms in total. The van der Waals surface area contributed by atoms with Gasteiger partial charge in [-0.3, -0.25) is 0 Å². The summed E-state index contributed by atoms with van der Waals surface area (Å²) in [6.07, 6.45) is 1.77. The Morgan fingerprint density at radius 1 is 1.29 bits per heavy atom. The number of nitrogens with zero attached hydrogens (tertiary/aromatic N) is 1. The summed E-state index contributed by atoms with van der Waals surface area (Å²) in [4.78, 5) is 13.7. The van der Waals surface area contributed by atoms with Crippen LogP contribution in [-0.2, 0) is 11.3 Å². The van der Waals surface area contributed by atoms with Gasteiger partial charge in [0.25, 0.3) is 0 Å². The minimum absolute atomic E-state index is 0.287. The summed E-state index contributed by atoms with van der Waals surface area (Å²) in [5.74, 6) is 0.464. The fourth-order valence-corrected chi connectivity index (χ4v) is 2.88. The average Bonchev–Trinajstić information content (AvgIpc) is 2.45. The number of amides is 1. The largest absolute Gasteiger partial charge is 0.445 e. The predicted molar refractivity (Wildman–Crippen MR) is 81.8 cm³/mol. The van der Waals surface area contributed by atoms with Crippen LogP contribution >= 0.6 is 0 Å². The molecule has 21 heavy (non-hydrogen) atoms. The van der Waals surface area contributed by atoms with Gasteiger partial charge < -0.3 is 14.7 Å². The Labute approximate surface area is 126 Å². The van der Waals surface area contributed by atoms with Gasteiger partial charge in [-0.05, 0) is 30.7 Å². The monoisotopic (exact) mass is 291 g/mol. The van der Waals surface area contributed by atoms with Gasteiger partial charge in [-0.25, -0.2) is 4.79 Å². The molecular weight excluding hydrogens is 266 g/mol. The third-order valence-electron chi connectivity index (χ3n) is 3.95. The summed E-state index contributed by atoms with van der Waals surface area (Å²) in [5.41, 5.74) is 0.365. The van der Waals surface area contributed by atoms with E-state index in [1.54, 1.807) is 4.90 Å². The van der Waals surface area contributed by atoms with Gasteiger partial charge in [-0.1, -0.05) is 44.2 Å². The first-order valence-electron chi connectivity index (χ1n) is 7.66. The van der Waals surface area contributed by atoms with Crippen LogP contribution in [0.3, 0.4) is 0 Å². The van der Waals surface area contributed by atoms with E-state index in [0.717, 1.165) is 12.0 Å². The SMILES string of the molecule is CC(C)CC1(O)CCN(C(=O)OCc2ccccc2)CC1. The fraction of sp³-hybridized carbons (Fsp3) is 0.588. The second kappa shape index (κ2) is 6.94. The van der Waals surface area contributed by atoms with Crippen molar-refractivity contribution < 1.29 is 14.6 Å². The average molecular weight is 291 g/mol. The highest BCUT2D eigenvalue weighted by molar-refractivity contribution is 5.67. The van der Waals surface area contributed by atoms with Crippen LogP contribution in [0.2, 0.25) is 0 Å². The van der Waals surface area contributed by atoms with Gasteiger partial charge in [0.2, 0.25) is 0 Å². The van der Waals surface area contributed by atoms with E-state index in [4.69, 9.17) is 4.74 Å². The molecule has 1 N–H and O–H groups in total. The Bertz CT molecular complexity index is 450. The normalized spacial score (nSPS) is 17.8. The van der Waals surface area contributed by atoms with Crippen molar-refractivity contribution in [3.8, 4) is 0 Å². The van der Waals surface area contributed by atoms with Crippen LogP contribution in [-0.4, -0.2) is 34.8 Å². The summed E-state index contributed by atoms with van der Waals surface area (Å²) >= 11 is 0. The molecule has 0 radical (unpaired) electrons. The first kappa shape index (κ1) is 15.8. The second-order valence-corrected chi connectivity index (χ2v) is 6.35. The first-order chi connectivity index (χ1) is 9.98. The minimum atomic E-state index is -0.621. The van der Waals surface area contributed by atoms with E-state index in [1.807, 2.05) is 30.3 Å². The number of carbonyl (C=O) groups is 1. The van der Waals surface area contributed by atoms with Gasteiger partial charge in [-0.2, -0.15) is 0 Å². The van der Waals surface area contributed by atoms with Crippen molar-refractivity contribution in [3.05, 3.63) is 35.9 Å². The summed E-state index contributed by atoms with van der Waals surface area (Å²) < 4.78 is 5.32. The van der Waals surface area contributed by atoms with E-state index >= 15 is 0 Å². The molecule has 0 unspecified atom stereocenters. The number of hydrogen-bond donors (Lipinski definition) is 1. The van der Waals surface area contributed by atoms with E-state index in [1.165, 1.54) is 0 Å². The molecule has 4 heteroatoms. The predicted octanol–water partition coefficient (Wildman–Crippen LogP) is 3.20. The molecular formula is C17H25NO3. The number of piperidine rings is 1. The van der Waals surface area contributed by atoms with Gasteiger partial charge in [0, 0.05) is 13.1 Å². The standard InChI is InChI=1S/C17H25NO3/c1-14(2)12-17(20)8-10-18(11-9-17)16(19)21-13-15-6-4-3-5-7-15/h3-7,14,20H,8-13H2,1-2H3. The van der Waals surface area contributed by atoms with E-state index < -0.39 is 5.60 Å². The summed E-state index contributed by atoms with van der Waals surface area (Å²) in [7, 11) is 0. The molecule has 0 aromatic heterocycles. The Morgan fingerprint density at radius 3 is 2.48 bits per heavy atom. The van der Waals surface area contributed by atoms with Gasteiger partial charge in [-0.15, -0.1) is 0 Å². The fourth-order valence-electron chi connectivity index (χ4n) is 2.88. The van der Waals surface area contributed by atoms with Gasteiger partial charge in [0.15, 0.2) is 0 Å². The zero-order chi connectivity index (χ0) is 15.3. The molecule has 1 aliphatic rings. The lowest BCUT2D eigenvalue weighted by atomic mass is 9.84. The summed E-state index contributed by atoms with van der Waals surface area (Å²) in [5, 5.41) is 10.5. The van der Waals surface area contributed by atoms with Gasteiger partial charge >= 0.3 is 6.09 Å². The number of ether oxygens (including phenoxy) is 1. The molecule has 1 saturated heterocycles. The van der Waals surface area contributed by atoms with Gasteiger partial charge in [0.05, 0.1) is 5.60 Å². The Hall–Kier alpha value is -1.55. The van der Waals surface area contributed by atoms with Crippen molar-refractivity contribution in [2.24, 2.45) is 5.92 Å². The lowest BCUT2D eigenvalue weighted by Crippen LogP contribution is -2.47. The van der Waals surface area contributed by atoms with Crippen molar-refractivity contribution in [2.75, 3.05) is 13.1 Å². The smallest absolute Gasteiger partial charge is 0.410 e. The molecule has 0 saturated carbocycles. The number of rotatable bonds is 4. The molecule has 1 aliphatic heterocycles. The topological polar surface area (TPSA) is 49.8 Å². The Kier molecular flexibility index (Phi) is 5.23. The molecule has 0 bridgehead atoms. The van der Waals surface area contributed by atoms with Crippen LogP contribution in [0.4, 0.5) is 4.79 Å². The summed E-state index contributed by atoms with van der Waals surface area (Å²) in [6, 6.07) is 9.66. The summed E-state index contributed by atoms with van der Waals surface area (Å²) in [6.45, 7) is 5.65. The molecule has 1 heterocycles. The van der Waals surface area contributed by atoms with Crippen molar-refractivity contribution in [3.63, 3.8) is 0 Å². The van der Waals surface area contributed by atoms with Gasteiger partial charge in [0.1, 0.15) is 6.61 Å². The molecule has 1 amide bonds. The maximum Gasteiger partial charge on any atom is 0.410 e. The van der Waals surface area contributed by atoms with Crippen LogP contribution in [0.15, 0.2) is 30.3 Å². The number of benzene rings is 1. The van der Waals surface area contributed by atoms with E-state index in [9.17, 15) is 9.90 Å². The Balaban J connectivity index is 1.78. The van der Waals surface area contributed by atoms with Crippen molar-refractivity contribution >= 4 is 6.09 Å². The molecule has 0 aliphatic carbocycles. The van der Waals surface area contributed by atoms with Crippen LogP contribution in [0.25, 0.3) is 0 Å². The van der Waals surface area contributed by atoms with Crippen LogP contribution in [0.5, 0.6) is 0 Å². The minimum Gasteiger partial charge on any atom is -0.445 e. The van der Waals surface area contributed by atoms with E-state index in [2.05, 4.69) is 13.8 Å². The molecule has 2 rings (SSSR count). The Morgan fingerprint density at radius 2 is 1.90 bits per heavy atom. The zero-order valence-corrected chi connectivity index (χ0v) is 12.9. The van der Waals surface area contributed by atoms with Crippen molar-refractivity contribution in [2.45, 2.75) is 45.3 Å². The maximum atomic E-state index is 12.0. The third-order valence-corrected chi connectivity index (χ3v) is 3.95. The highest BCUT2D eigenvalue weighted by Gasteiger charge is 2.34. The molecule has 0 atom stereocenters. The number of carbonyl (C=O) groups excluding carboxylic acids is 1. The third kappa shape index (κ3) is 4.74. The first-order valence-corrected chi connectivity index (χ1v) is 7.66. The second-order valence-electron chi connectivity index (χ2n) is 6.35. The van der Waals surface area contributed by atoms with Crippen LogP contribution < -0.4 is 0 Å². The van der Waals surface area contributed by atoms with Crippen molar-refractivity contribution in [1.29, 1.82) is 0 Å². The molecule has 116 valence electrons. The maximum absolute atomic E-state index is 12.0. The molecule has 1 aromatic rings. The number of likely N-dealkylation sites (tertiary alicyclic amines) is 1. The van der Waals surface area contributed by atoms with Crippen LogP contribution in [0.1, 0.15) is 38.7 Å². The lowest BCUT2D eigenvalue weighted by Gasteiger charge is -2.38. The zero-order valence-electron chi connectivity index (χ0n) is 12.9. The highest BCUT2D eigenvalue weighted by Crippen LogP contribution is 2.29. The lowest BCUT2D eigenvalue weighted by molar-refractivity contribution is -0.0349. The van der Waals surface area contributed by atoms with Crippen LogP contribution in [0, 0.1) is 5.92 Å². The molecule has 1 fully saturated rings.